The van der Waals surface area contributed by atoms with E-state index < -0.39 is 30.2 Å². The van der Waals surface area contributed by atoms with Crippen LogP contribution in [0.3, 0.4) is 0 Å². The van der Waals surface area contributed by atoms with Crippen LogP contribution >= 0.6 is 0 Å². The van der Waals surface area contributed by atoms with Crippen LogP contribution in [0.4, 0.5) is 4.79 Å². The van der Waals surface area contributed by atoms with Crippen LogP contribution in [0.15, 0.2) is 29.3 Å². The van der Waals surface area contributed by atoms with Gasteiger partial charge in [0.15, 0.2) is 12.0 Å². The lowest BCUT2D eigenvalue weighted by molar-refractivity contribution is -0.127. The number of carbonyl (C=O) groups is 2. The van der Waals surface area contributed by atoms with Gasteiger partial charge in [-0.05, 0) is 31.5 Å². The number of aliphatic hydroxyl groups is 1. The van der Waals surface area contributed by atoms with Crippen LogP contribution in [0.2, 0.25) is 0 Å². The molecule has 0 aliphatic carbocycles. The summed E-state index contributed by atoms with van der Waals surface area (Å²) in [4.78, 5) is 31.7. The van der Waals surface area contributed by atoms with Crippen molar-refractivity contribution in [3.05, 3.63) is 29.8 Å². The molecule has 146 valence electrons. The highest BCUT2D eigenvalue weighted by Crippen LogP contribution is 2.21. The number of benzene rings is 1. The van der Waals surface area contributed by atoms with Gasteiger partial charge in [-0.25, -0.2) is 4.79 Å². The van der Waals surface area contributed by atoms with Crippen LogP contribution in [0.25, 0.3) is 0 Å². The molecular formula is C18H25N5O4. The van der Waals surface area contributed by atoms with Gasteiger partial charge in [-0.1, -0.05) is 12.1 Å². The normalized spacial score (nSPS) is 24.5. The number of fused-ring (bicyclic) bond motifs is 1. The number of nitrogens with one attached hydrogen (secondary N) is 2. The van der Waals surface area contributed by atoms with Crippen molar-refractivity contribution in [2.75, 3.05) is 26.7 Å². The molecule has 2 aliphatic rings. The number of carbonyl (C=O) groups excluding carboxylic acids is 2. The quantitative estimate of drug-likeness (QED) is 0.641. The fourth-order valence-electron chi connectivity index (χ4n) is 3.25. The third-order valence-electron chi connectivity index (χ3n) is 4.57. The van der Waals surface area contributed by atoms with E-state index in [1.165, 1.54) is 4.90 Å². The molecule has 0 spiro atoms. The van der Waals surface area contributed by atoms with Crippen molar-refractivity contribution in [2.45, 2.75) is 32.2 Å². The van der Waals surface area contributed by atoms with Crippen LogP contribution in [0.5, 0.6) is 5.75 Å². The number of rotatable bonds is 6. The standard InChI is InChI=1S/C18H25N5O4/c1-4-19-17-20-15-14(16(25)21-18(26)22(15)3)23(17)9-12(24)10-27-13-7-5-6-11(2)8-13/h5-8,12,14-15,24H,4,9-10H2,1-3H3,(H,19,20)(H,21,25,26). The number of amides is 3. The van der Waals surface area contributed by atoms with Gasteiger partial charge in [0, 0.05) is 13.6 Å². The summed E-state index contributed by atoms with van der Waals surface area (Å²) >= 11 is 0. The maximum absolute atomic E-state index is 12.4. The molecule has 2 heterocycles. The minimum Gasteiger partial charge on any atom is -0.491 e. The molecule has 3 N–H and O–H groups in total. The maximum Gasteiger partial charge on any atom is 0.325 e. The first kappa shape index (κ1) is 19.0. The van der Waals surface area contributed by atoms with Gasteiger partial charge in [-0.15, -0.1) is 0 Å². The Kier molecular flexibility index (Phi) is 5.50. The van der Waals surface area contributed by atoms with Crippen LogP contribution in [0.1, 0.15) is 12.5 Å². The van der Waals surface area contributed by atoms with E-state index >= 15 is 0 Å². The fourth-order valence-corrected chi connectivity index (χ4v) is 3.25. The Balaban J connectivity index is 1.70. The van der Waals surface area contributed by atoms with Crippen molar-refractivity contribution in [3.63, 3.8) is 0 Å². The summed E-state index contributed by atoms with van der Waals surface area (Å²) in [7, 11) is 1.61. The van der Waals surface area contributed by atoms with Crippen molar-refractivity contribution in [1.82, 2.24) is 20.4 Å². The number of hydrogen-bond acceptors (Lipinski definition) is 5. The molecule has 2 aliphatic heterocycles. The molecule has 0 bridgehead atoms. The Bertz CT molecular complexity index is 753. The van der Waals surface area contributed by atoms with Gasteiger partial charge in [0.05, 0.1) is 6.54 Å². The molecule has 3 unspecified atom stereocenters. The second-order valence-electron chi connectivity index (χ2n) is 6.67. The number of aryl methyl sites for hydroxylation is 1. The Labute approximate surface area is 158 Å². The first-order chi connectivity index (χ1) is 12.9. The average Bonchev–Trinajstić information content (AvgIpc) is 2.97. The van der Waals surface area contributed by atoms with Gasteiger partial charge in [0.1, 0.15) is 24.6 Å². The van der Waals surface area contributed by atoms with E-state index in [-0.39, 0.29) is 13.2 Å². The summed E-state index contributed by atoms with van der Waals surface area (Å²) in [6, 6.07) is 6.44. The highest BCUT2D eigenvalue weighted by Gasteiger charge is 2.50. The smallest absolute Gasteiger partial charge is 0.325 e. The topological polar surface area (TPSA) is 106 Å². The zero-order chi connectivity index (χ0) is 19.6. The molecule has 3 rings (SSSR count). The van der Waals surface area contributed by atoms with Crippen molar-refractivity contribution < 1.29 is 19.4 Å². The Morgan fingerprint density at radius 2 is 2.15 bits per heavy atom. The molecular weight excluding hydrogens is 350 g/mol. The molecule has 3 amide bonds. The summed E-state index contributed by atoms with van der Waals surface area (Å²) in [6.45, 7) is 4.57. The first-order valence-electron chi connectivity index (χ1n) is 8.93. The van der Waals surface area contributed by atoms with E-state index in [1.807, 2.05) is 38.1 Å². The monoisotopic (exact) mass is 375 g/mol. The number of hydrogen-bond donors (Lipinski definition) is 3. The van der Waals surface area contributed by atoms with E-state index in [4.69, 9.17) is 4.74 Å². The van der Waals surface area contributed by atoms with Gasteiger partial charge in [0.25, 0.3) is 5.91 Å². The van der Waals surface area contributed by atoms with Crippen molar-refractivity contribution >= 4 is 17.9 Å². The fraction of sp³-hybridized carbons (Fsp3) is 0.500. The van der Waals surface area contributed by atoms with Crippen LogP contribution in [-0.2, 0) is 4.79 Å². The molecule has 1 aromatic rings. The predicted octanol–water partition coefficient (Wildman–Crippen LogP) is -0.108. The van der Waals surface area contributed by atoms with Gasteiger partial charge in [-0.3, -0.25) is 15.1 Å². The SMILES string of the molecule is CCN=C1NC2C(C(=O)NC(=O)N2C)N1CC(O)COc1cccc(C)c1. The van der Waals surface area contributed by atoms with E-state index in [0.717, 1.165) is 5.56 Å². The van der Waals surface area contributed by atoms with Crippen molar-refractivity contribution in [1.29, 1.82) is 0 Å². The Morgan fingerprint density at radius 3 is 2.85 bits per heavy atom. The molecule has 2 saturated heterocycles. The zero-order valence-corrected chi connectivity index (χ0v) is 15.7. The van der Waals surface area contributed by atoms with E-state index in [9.17, 15) is 14.7 Å². The van der Waals surface area contributed by atoms with Crippen LogP contribution in [-0.4, -0.2) is 77.9 Å². The molecule has 9 heteroatoms. The van der Waals surface area contributed by atoms with E-state index in [2.05, 4.69) is 15.6 Å². The molecule has 27 heavy (non-hydrogen) atoms. The van der Waals surface area contributed by atoms with Crippen molar-refractivity contribution in [3.8, 4) is 5.75 Å². The molecule has 1 aromatic carbocycles. The third kappa shape index (κ3) is 3.97. The summed E-state index contributed by atoms with van der Waals surface area (Å²) in [6.07, 6.45) is -1.37. The number of ether oxygens (including phenoxy) is 1. The van der Waals surface area contributed by atoms with Crippen LogP contribution in [0, 0.1) is 6.92 Å². The summed E-state index contributed by atoms with van der Waals surface area (Å²) in [5.74, 6) is 0.747. The minimum atomic E-state index is -0.844. The predicted molar refractivity (Wildman–Crippen MR) is 99.4 cm³/mol. The highest BCUT2D eigenvalue weighted by molar-refractivity contribution is 6.04. The van der Waals surface area contributed by atoms with E-state index in [0.29, 0.717) is 18.3 Å². The van der Waals surface area contributed by atoms with Gasteiger partial charge < -0.3 is 25.0 Å². The largest absolute Gasteiger partial charge is 0.491 e. The number of nitrogens with zero attached hydrogens (tertiary/aromatic N) is 3. The average molecular weight is 375 g/mol. The minimum absolute atomic E-state index is 0.0765. The number of aliphatic hydroxyl groups excluding tert-OH is 1. The lowest BCUT2D eigenvalue weighted by Crippen LogP contribution is -2.65. The number of urea groups is 1. The van der Waals surface area contributed by atoms with E-state index in [1.54, 1.807) is 11.9 Å². The molecule has 9 nitrogen and oxygen atoms in total. The number of aliphatic imine (C=N–C) groups is 1. The zero-order valence-electron chi connectivity index (χ0n) is 15.7. The Morgan fingerprint density at radius 1 is 1.37 bits per heavy atom. The lowest BCUT2D eigenvalue weighted by Gasteiger charge is -2.35. The molecule has 3 atom stereocenters. The van der Waals surface area contributed by atoms with Crippen LogP contribution < -0.4 is 15.4 Å². The number of likely N-dealkylation sites (N-methyl/N-ethyl adjacent to an activating group) is 1. The maximum atomic E-state index is 12.4. The summed E-state index contributed by atoms with van der Waals surface area (Å²) in [5.41, 5.74) is 1.07. The lowest BCUT2D eigenvalue weighted by atomic mass is 10.1. The molecule has 0 radical (unpaired) electrons. The summed E-state index contributed by atoms with van der Waals surface area (Å²) < 4.78 is 5.65. The Hall–Kier alpha value is -2.81. The highest BCUT2D eigenvalue weighted by atomic mass is 16.5. The molecule has 0 aromatic heterocycles. The second kappa shape index (κ2) is 7.83. The number of guanidine groups is 1. The first-order valence-corrected chi connectivity index (χ1v) is 8.93. The second-order valence-corrected chi connectivity index (χ2v) is 6.67. The van der Waals surface area contributed by atoms with Gasteiger partial charge in [-0.2, -0.15) is 0 Å². The third-order valence-corrected chi connectivity index (χ3v) is 4.57. The summed E-state index contributed by atoms with van der Waals surface area (Å²) in [5, 5.41) is 15.9. The molecule has 0 saturated carbocycles. The van der Waals surface area contributed by atoms with Gasteiger partial charge in [0.2, 0.25) is 0 Å². The molecule has 2 fully saturated rings. The number of β-amino-alcohol motifs (C(OH)–C–C–N with tert-alkyl or cyclic N) is 1. The van der Waals surface area contributed by atoms with Crippen molar-refractivity contribution in [2.24, 2.45) is 4.99 Å². The number of imide groups is 1. The van der Waals surface area contributed by atoms with Gasteiger partial charge >= 0.3 is 6.03 Å².